The van der Waals surface area contributed by atoms with E-state index in [2.05, 4.69) is 25.6 Å². The predicted octanol–water partition coefficient (Wildman–Crippen LogP) is 3.37. The zero-order valence-corrected chi connectivity index (χ0v) is 20.2. The first-order chi connectivity index (χ1) is 17.6. The molecule has 1 amide bonds. The zero-order valence-electron chi connectivity index (χ0n) is 18.6. The Morgan fingerprint density at radius 2 is 2.24 bits per heavy atom. The normalized spacial score (nSPS) is 22.2. The molecule has 5 N–H and O–H groups in total. The van der Waals surface area contributed by atoms with Gasteiger partial charge in [-0.1, -0.05) is 17.7 Å². The highest BCUT2D eigenvalue weighted by molar-refractivity contribution is 7.11. The Kier molecular flexibility index (Phi) is 7.50. The van der Waals surface area contributed by atoms with Crippen molar-refractivity contribution in [1.82, 2.24) is 15.6 Å². The smallest absolute Gasteiger partial charge is 0.408 e. The van der Waals surface area contributed by atoms with Crippen LogP contribution in [0.25, 0.3) is 0 Å². The van der Waals surface area contributed by atoms with Crippen molar-refractivity contribution in [2.75, 3.05) is 6.61 Å². The monoisotopic (exact) mass is 554 g/mol. The lowest BCUT2D eigenvalue weighted by Crippen LogP contribution is -2.52. The van der Waals surface area contributed by atoms with Crippen LogP contribution in [0.15, 0.2) is 62.8 Å². The van der Waals surface area contributed by atoms with Crippen molar-refractivity contribution in [2.24, 2.45) is 15.7 Å². The van der Waals surface area contributed by atoms with E-state index in [1.54, 1.807) is 5.38 Å². The largest absolute Gasteiger partial charge is 0.479 e. The molecule has 0 unspecified atom stereocenters. The maximum absolute atomic E-state index is 13.8. The van der Waals surface area contributed by atoms with E-state index in [1.807, 2.05) is 0 Å². The highest BCUT2D eigenvalue weighted by Crippen LogP contribution is 2.40. The van der Waals surface area contributed by atoms with Crippen molar-refractivity contribution < 1.29 is 32.6 Å². The summed E-state index contributed by atoms with van der Waals surface area (Å²) in [5, 5.41) is 17.4. The van der Waals surface area contributed by atoms with Crippen LogP contribution in [0, 0.1) is 5.82 Å². The molecule has 1 aromatic heterocycles. The summed E-state index contributed by atoms with van der Waals surface area (Å²) in [5.41, 5.74) is 4.90. The summed E-state index contributed by atoms with van der Waals surface area (Å²) in [6.45, 7) is -3.48. The zero-order chi connectivity index (χ0) is 26.7. The molecule has 2 atom stereocenters. The lowest BCUT2D eigenvalue weighted by atomic mass is 9.87. The molecule has 0 bridgehead atoms. The summed E-state index contributed by atoms with van der Waals surface area (Å²) < 4.78 is 43.9. The first-order valence-electron chi connectivity index (χ1n) is 10.5. The summed E-state index contributed by atoms with van der Waals surface area (Å²) in [4.78, 5) is 35.9. The van der Waals surface area contributed by atoms with Crippen LogP contribution in [0.5, 0.6) is 0 Å². The number of aliphatic carboxylic acids is 1. The number of halogens is 4. The van der Waals surface area contributed by atoms with Crippen molar-refractivity contribution in [1.29, 1.82) is 0 Å². The Labute approximate surface area is 216 Å². The lowest BCUT2D eigenvalue weighted by molar-refractivity contribution is -0.144. The fourth-order valence-corrected chi connectivity index (χ4v) is 4.65. The molecule has 15 heteroatoms. The topological polar surface area (TPSA) is 151 Å². The van der Waals surface area contributed by atoms with E-state index in [0.717, 1.165) is 24.4 Å². The lowest BCUT2D eigenvalue weighted by Gasteiger charge is -2.32. The van der Waals surface area contributed by atoms with E-state index in [-0.39, 0.29) is 34.2 Å². The van der Waals surface area contributed by atoms with Crippen LogP contribution in [0.4, 0.5) is 18.0 Å². The number of amidine groups is 1. The molecule has 1 saturated heterocycles. The third-order valence-corrected chi connectivity index (χ3v) is 6.57. The third kappa shape index (κ3) is 5.59. The van der Waals surface area contributed by atoms with E-state index in [0.29, 0.717) is 10.6 Å². The van der Waals surface area contributed by atoms with E-state index in [9.17, 15) is 27.9 Å². The number of alkyl carbamates (subject to hydrolysis) is 1. The Morgan fingerprint density at radius 1 is 1.46 bits per heavy atom. The second-order valence-electron chi connectivity index (χ2n) is 7.86. The third-order valence-electron chi connectivity index (χ3n) is 5.46. The maximum Gasteiger partial charge on any atom is 0.408 e. The maximum atomic E-state index is 13.8. The van der Waals surface area contributed by atoms with Crippen molar-refractivity contribution in [3.05, 3.63) is 74.2 Å². The quantitative estimate of drug-likeness (QED) is 0.288. The van der Waals surface area contributed by atoms with Crippen molar-refractivity contribution in [3.63, 3.8) is 0 Å². The first-order valence-corrected chi connectivity index (χ1v) is 11.7. The van der Waals surface area contributed by atoms with Crippen molar-refractivity contribution in [2.45, 2.75) is 24.6 Å². The Balaban J connectivity index is 1.92. The Bertz CT molecular complexity index is 1350. The number of hydrogen-bond acceptors (Lipinski definition) is 9. The highest BCUT2D eigenvalue weighted by Gasteiger charge is 2.48. The number of amides is 1. The van der Waals surface area contributed by atoms with Gasteiger partial charge in [0.1, 0.15) is 18.5 Å². The molecule has 1 fully saturated rings. The number of carboxylic acid groups (broad SMARTS) is 1. The molecule has 0 aliphatic carbocycles. The van der Waals surface area contributed by atoms with Crippen LogP contribution >= 0.6 is 22.9 Å². The minimum absolute atomic E-state index is 0.00881. The minimum Gasteiger partial charge on any atom is -0.479 e. The van der Waals surface area contributed by atoms with Gasteiger partial charge >= 0.3 is 18.6 Å². The number of hydrogen-bond donors (Lipinski definition) is 4. The van der Waals surface area contributed by atoms with Crippen molar-refractivity contribution >= 4 is 47.1 Å². The number of rotatable bonds is 8. The number of thiazole rings is 1. The fraction of sp³-hybridized carbons (Fsp3) is 0.227. The van der Waals surface area contributed by atoms with Gasteiger partial charge in [-0.15, -0.1) is 11.3 Å². The van der Waals surface area contributed by atoms with Crippen molar-refractivity contribution in [3.8, 4) is 0 Å². The predicted molar refractivity (Wildman–Crippen MR) is 129 cm³/mol. The number of allylic oxidation sites excluding steroid dienone is 1. The summed E-state index contributed by atoms with van der Waals surface area (Å²) in [5.74, 6) is -1.77. The van der Waals surface area contributed by atoms with Gasteiger partial charge in [-0.25, -0.2) is 24.0 Å². The standard InChI is InChI=1S/C22H18ClF3N6O4S/c23-12-7-10(24)1-2-11(12)16-15(13(27)3-4-29-20(25)26)14(30-17(31-16)18-28-5-6-37-18)8-22(19(33)34)9-36-21(35)32-22/h1-7,16,20H,8-9,27H2,(H,30,31)(H,32,35)(H,33,34)/t16-,22+/m0/s1. The number of ether oxygens (including phenoxy) is 1. The number of carboxylic acids is 1. The van der Waals surface area contributed by atoms with E-state index in [1.165, 1.54) is 23.6 Å². The molecular formula is C22H18ClF3N6O4S. The molecule has 4 rings (SSSR count). The van der Waals surface area contributed by atoms with Crippen LogP contribution in [-0.2, 0) is 9.53 Å². The second kappa shape index (κ2) is 10.6. The van der Waals surface area contributed by atoms with E-state index < -0.39 is 42.6 Å². The van der Waals surface area contributed by atoms with Crippen LogP contribution in [0.2, 0.25) is 5.02 Å². The van der Waals surface area contributed by atoms with Crippen LogP contribution in [0.3, 0.4) is 0 Å². The summed E-state index contributed by atoms with van der Waals surface area (Å²) in [6, 6.07) is 2.56. The molecule has 37 heavy (non-hydrogen) atoms. The molecule has 10 nitrogen and oxygen atoms in total. The number of benzene rings is 1. The number of cyclic esters (lactones) is 1. The van der Waals surface area contributed by atoms with E-state index in [4.69, 9.17) is 22.1 Å². The number of aromatic nitrogens is 1. The minimum atomic E-state index is -2.99. The molecule has 0 radical (unpaired) electrons. The van der Waals surface area contributed by atoms with Gasteiger partial charge in [0.15, 0.2) is 16.4 Å². The van der Waals surface area contributed by atoms with Gasteiger partial charge in [-0.05, 0) is 18.2 Å². The summed E-state index contributed by atoms with van der Waals surface area (Å²) >= 11 is 7.57. The average Bonchev–Trinajstić information content (AvgIpc) is 3.49. The number of carbonyl (C=O) groups excluding carboxylic acids is 1. The van der Waals surface area contributed by atoms with Gasteiger partial charge in [0.05, 0.1) is 0 Å². The molecular weight excluding hydrogens is 537 g/mol. The Morgan fingerprint density at radius 3 is 2.84 bits per heavy atom. The molecule has 2 aliphatic heterocycles. The number of carbonyl (C=O) groups is 2. The van der Waals surface area contributed by atoms with Crippen LogP contribution < -0.4 is 16.4 Å². The van der Waals surface area contributed by atoms with Gasteiger partial charge in [0.2, 0.25) is 0 Å². The number of nitrogens with zero attached hydrogens (tertiary/aromatic N) is 3. The molecule has 0 spiro atoms. The molecule has 1 aromatic carbocycles. The molecule has 0 saturated carbocycles. The summed E-state index contributed by atoms with van der Waals surface area (Å²) in [7, 11) is 0. The molecule has 2 aliphatic rings. The molecule has 3 heterocycles. The second-order valence-corrected chi connectivity index (χ2v) is 9.17. The van der Waals surface area contributed by atoms with Gasteiger partial charge in [0, 0.05) is 51.8 Å². The number of alkyl halides is 2. The SMILES string of the molecule is NC(=CC=NC(F)F)C1=C(C[C@]2(C(=O)O)COC(=O)N2)NC(c2nccs2)=N[C@H]1c1ccc(F)cc1Cl. The fourth-order valence-electron chi connectivity index (χ4n) is 3.79. The average molecular weight is 555 g/mol. The number of nitrogens with one attached hydrogen (secondary N) is 2. The number of aliphatic imine (C=N–C) groups is 2. The van der Waals surface area contributed by atoms with E-state index >= 15 is 0 Å². The first kappa shape index (κ1) is 26.2. The van der Waals surface area contributed by atoms with Crippen LogP contribution in [-0.4, -0.2) is 52.9 Å². The molecule has 2 aromatic rings. The van der Waals surface area contributed by atoms with Gasteiger partial charge in [0.25, 0.3) is 0 Å². The number of nitrogens with two attached hydrogens (primary N) is 1. The molecule has 194 valence electrons. The highest BCUT2D eigenvalue weighted by atomic mass is 35.5. The van der Waals surface area contributed by atoms with Crippen LogP contribution in [0.1, 0.15) is 23.0 Å². The van der Waals surface area contributed by atoms with Gasteiger partial charge < -0.3 is 26.2 Å². The van der Waals surface area contributed by atoms with Gasteiger partial charge in [-0.3, -0.25) is 4.99 Å². The van der Waals surface area contributed by atoms with Gasteiger partial charge in [-0.2, -0.15) is 8.78 Å². The summed E-state index contributed by atoms with van der Waals surface area (Å²) in [6.07, 6.45) is 2.11. The Hall–Kier alpha value is -3.91.